The second-order valence-electron chi connectivity index (χ2n) is 4.31. The van der Waals surface area contributed by atoms with E-state index >= 15 is 0 Å². The first-order valence-electron chi connectivity index (χ1n) is 5.46. The molecular weight excluding hydrogens is 290 g/mol. The monoisotopic (exact) mass is 309 g/mol. The molecule has 0 aliphatic carbocycles. The largest absolute Gasteiger partial charge is 0.349 e. The number of aromatic nitrogens is 1. The van der Waals surface area contributed by atoms with Crippen LogP contribution in [0.1, 0.15) is 29.3 Å². The highest BCUT2D eigenvalue weighted by atomic mass is 35.5. The van der Waals surface area contributed by atoms with E-state index in [1.807, 2.05) is 6.26 Å². The summed E-state index contributed by atoms with van der Waals surface area (Å²) in [5, 5.41) is 5.60. The number of carbonyl (C=O) groups is 1. The molecule has 0 fully saturated rings. The van der Waals surface area contributed by atoms with E-state index in [0.29, 0.717) is 18.8 Å². The first-order valence-corrected chi connectivity index (χ1v) is 7.57. The molecule has 0 radical (unpaired) electrons. The summed E-state index contributed by atoms with van der Waals surface area (Å²) in [4.78, 5) is 16.1. The van der Waals surface area contributed by atoms with Gasteiger partial charge in [0.05, 0.1) is 5.01 Å². The molecule has 104 valence electrons. The summed E-state index contributed by atoms with van der Waals surface area (Å²) in [6.45, 7) is 5.39. The molecule has 1 aromatic heterocycles. The maximum atomic E-state index is 11.8. The van der Waals surface area contributed by atoms with E-state index in [4.69, 9.17) is 5.73 Å². The van der Waals surface area contributed by atoms with Gasteiger partial charge in [0.2, 0.25) is 0 Å². The molecule has 1 aromatic rings. The number of hydrogen-bond acceptors (Lipinski definition) is 5. The number of thiazole rings is 1. The number of rotatable bonds is 6. The number of halogens is 1. The van der Waals surface area contributed by atoms with Crippen LogP contribution in [0.25, 0.3) is 0 Å². The van der Waals surface area contributed by atoms with Crippen molar-refractivity contribution in [2.45, 2.75) is 25.0 Å². The van der Waals surface area contributed by atoms with Crippen LogP contribution in [0, 0.1) is 0 Å². The molecule has 0 saturated carbocycles. The quantitative estimate of drug-likeness (QED) is 0.842. The molecule has 1 rings (SSSR count). The molecule has 0 atom stereocenters. The summed E-state index contributed by atoms with van der Waals surface area (Å²) in [7, 11) is 0. The summed E-state index contributed by atoms with van der Waals surface area (Å²) < 4.78 is 0.0474. The molecule has 0 unspecified atom stereocenters. The van der Waals surface area contributed by atoms with Crippen LogP contribution in [0.2, 0.25) is 0 Å². The Kier molecular flexibility index (Phi) is 7.86. The second-order valence-corrected chi connectivity index (χ2v) is 6.77. The predicted molar refractivity (Wildman–Crippen MR) is 82.0 cm³/mol. The highest BCUT2D eigenvalue weighted by molar-refractivity contribution is 7.99. The lowest BCUT2D eigenvalue weighted by atomic mass is 10.2. The van der Waals surface area contributed by atoms with Gasteiger partial charge in [-0.2, -0.15) is 11.8 Å². The predicted octanol–water partition coefficient (Wildman–Crippen LogP) is 1.94. The fraction of sp³-hybridized carbons (Fsp3) is 0.636. The lowest BCUT2D eigenvalue weighted by molar-refractivity contribution is 0.0946. The molecule has 18 heavy (non-hydrogen) atoms. The first kappa shape index (κ1) is 17.7. The van der Waals surface area contributed by atoms with Crippen molar-refractivity contribution < 1.29 is 4.79 Å². The third-order valence-corrected chi connectivity index (χ3v) is 4.53. The van der Waals surface area contributed by atoms with E-state index < -0.39 is 0 Å². The average molecular weight is 310 g/mol. The van der Waals surface area contributed by atoms with Gasteiger partial charge in [-0.25, -0.2) is 4.98 Å². The molecule has 4 nitrogen and oxygen atoms in total. The average Bonchev–Trinajstić information content (AvgIpc) is 2.75. The number of thioether (sulfide) groups is 1. The second kappa shape index (κ2) is 7.99. The van der Waals surface area contributed by atoms with Gasteiger partial charge in [-0.15, -0.1) is 23.7 Å². The normalized spacial score (nSPS) is 10.9. The topological polar surface area (TPSA) is 68.0 Å². The highest BCUT2D eigenvalue weighted by Gasteiger charge is 2.18. The van der Waals surface area contributed by atoms with Gasteiger partial charge in [0.15, 0.2) is 0 Å². The van der Waals surface area contributed by atoms with Crippen molar-refractivity contribution in [2.24, 2.45) is 5.73 Å². The SMILES string of the molecule is CSC(C)(C)CNC(=O)c1csc(CCN)n1.Cl. The van der Waals surface area contributed by atoms with Crippen LogP contribution in [-0.4, -0.2) is 35.0 Å². The molecule has 0 aliphatic rings. The minimum atomic E-state index is -0.105. The van der Waals surface area contributed by atoms with Crippen LogP contribution in [0.15, 0.2) is 5.38 Å². The van der Waals surface area contributed by atoms with Crippen molar-refractivity contribution in [3.05, 3.63) is 16.1 Å². The fourth-order valence-corrected chi connectivity index (χ4v) is 2.12. The van der Waals surface area contributed by atoms with Gasteiger partial charge in [-0.1, -0.05) is 0 Å². The number of nitrogens with two attached hydrogens (primary N) is 1. The third kappa shape index (κ3) is 5.56. The smallest absolute Gasteiger partial charge is 0.270 e. The lowest BCUT2D eigenvalue weighted by Crippen LogP contribution is -2.36. The van der Waals surface area contributed by atoms with Crippen LogP contribution in [-0.2, 0) is 6.42 Å². The summed E-state index contributed by atoms with van der Waals surface area (Å²) in [6.07, 6.45) is 2.77. The van der Waals surface area contributed by atoms with Crippen molar-refractivity contribution in [3.63, 3.8) is 0 Å². The summed E-state index contributed by atoms with van der Waals surface area (Å²) >= 11 is 3.21. The molecule has 0 spiro atoms. The Morgan fingerprint density at radius 1 is 1.61 bits per heavy atom. The minimum Gasteiger partial charge on any atom is -0.349 e. The summed E-state index contributed by atoms with van der Waals surface area (Å²) in [5.41, 5.74) is 5.94. The maximum absolute atomic E-state index is 11.8. The Morgan fingerprint density at radius 3 is 2.83 bits per heavy atom. The van der Waals surface area contributed by atoms with E-state index in [1.54, 1.807) is 17.1 Å². The number of nitrogens with zero attached hydrogens (tertiary/aromatic N) is 1. The molecule has 0 aliphatic heterocycles. The van der Waals surface area contributed by atoms with Gasteiger partial charge < -0.3 is 11.1 Å². The molecule has 0 bridgehead atoms. The number of hydrogen-bond donors (Lipinski definition) is 2. The molecular formula is C11H20ClN3OS2. The third-order valence-electron chi connectivity index (χ3n) is 2.37. The molecule has 0 saturated heterocycles. The maximum Gasteiger partial charge on any atom is 0.270 e. The Labute approximate surface area is 123 Å². The van der Waals surface area contributed by atoms with Crippen molar-refractivity contribution in [1.82, 2.24) is 10.3 Å². The van der Waals surface area contributed by atoms with Gasteiger partial charge in [0, 0.05) is 23.1 Å². The Balaban J connectivity index is 0.00000289. The van der Waals surface area contributed by atoms with Gasteiger partial charge >= 0.3 is 0 Å². The zero-order valence-corrected chi connectivity index (χ0v) is 13.3. The minimum absolute atomic E-state index is 0. The molecule has 7 heteroatoms. The molecule has 0 aromatic carbocycles. The number of nitrogens with one attached hydrogen (secondary N) is 1. The lowest BCUT2D eigenvalue weighted by Gasteiger charge is -2.21. The zero-order chi connectivity index (χ0) is 12.9. The van der Waals surface area contributed by atoms with Gasteiger partial charge in [0.1, 0.15) is 5.69 Å². The van der Waals surface area contributed by atoms with E-state index in [-0.39, 0.29) is 23.1 Å². The molecule has 3 N–H and O–H groups in total. The first-order chi connectivity index (χ1) is 7.98. The van der Waals surface area contributed by atoms with Crippen LogP contribution < -0.4 is 11.1 Å². The Bertz CT molecular complexity index is 382. The molecule has 1 amide bonds. The van der Waals surface area contributed by atoms with E-state index in [1.165, 1.54) is 11.3 Å². The van der Waals surface area contributed by atoms with Crippen molar-refractivity contribution in [1.29, 1.82) is 0 Å². The molecule has 1 heterocycles. The van der Waals surface area contributed by atoms with Crippen molar-refractivity contribution in [2.75, 3.05) is 19.3 Å². The van der Waals surface area contributed by atoms with Crippen molar-refractivity contribution in [3.8, 4) is 0 Å². The van der Waals surface area contributed by atoms with Gasteiger partial charge in [0.25, 0.3) is 5.91 Å². The van der Waals surface area contributed by atoms with E-state index in [9.17, 15) is 4.79 Å². The Morgan fingerprint density at radius 2 is 2.28 bits per heavy atom. The Hall–Kier alpha value is -0.300. The highest BCUT2D eigenvalue weighted by Crippen LogP contribution is 2.19. The number of amides is 1. The van der Waals surface area contributed by atoms with E-state index in [0.717, 1.165) is 11.4 Å². The van der Waals surface area contributed by atoms with E-state index in [2.05, 4.69) is 24.1 Å². The van der Waals surface area contributed by atoms with Crippen LogP contribution in [0.3, 0.4) is 0 Å². The zero-order valence-electron chi connectivity index (χ0n) is 10.9. The standard InChI is InChI=1S/C11H19N3OS2.ClH/c1-11(2,16-3)7-13-10(15)8-6-17-9(14-8)4-5-12;/h6H,4-5,7,12H2,1-3H3,(H,13,15);1H. The number of carbonyl (C=O) groups excluding carboxylic acids is 1. The van der Waals surface area contributed by atoms with Crippen LogP contribution in [0.5, 0.6) is 0 Å². The summed E-state index contributed by atoms with van der Waals surface area (Å²) in [5.74, 6) is -0.105. The summed E-state index contributed by atoms with van der Waals surface area (Å²) in [6, 6.07) is 0. The van der Waals surface area contributed by atoms with Gasteiger partial charge in [-0.3, -0.25) is 4.79 Å². The van der Waals surface area contributed by atoms with Gasteiger partial charge in [-0.05, 0) is 26.6 Å². The van der Waals surface area contributed by atoms with Crippen LogP contribution >= 0.6 is 35.5 Å². The van der Waals surface area contributed by atoms with Crippen molar-refractivity contribution >= 4 is 41.4 Å². The fourth-order valence-electron chi connectivity index (χ4n) is 1.11. The van der Waals surface area contributed by atoms with Crippen LogP contribution in [0.4, 0.5) is 0 Å².